The van der Waals surface area contributed by atoms with Crippen LogP contribution in [0.3, 0.4) is 0 Å². The maximum absolute atomic E-state index is 13.0. The molecule has 0 bridgehead atoms. The van der Waals surface area contributed by atoms with Crippen LogP contribution in [-0.2, 0) is 20.5 Å². The molecule has 0 saturated carbocycles. The van der Waals surface area contributed by atoms with Gasteiger partial charge < -0.3 is 15.4 Å². The van der Waals surface area contributed by atoms with E-state index in [1.54, 1.807) is 32.0 Å². The summed E-state index contributed by atoms with van der Waals surface area (Å²) in [7, 11) is 0. The Morgan fingerprint density at radius 1 is 1.03 bits per heavy atom. The van der Waals surface area contributed by atoms with Crippen LogP contribution in [0.25, 0.3) is 0 Å². The van der Waals surface area contributed by atoms with Crippen LogP contribution in [0.1, 0.15) is 35.3 Å². The van der Waals surface area contributed by atoms with E-state index in [2.05, 4.69) is 10.6 Å². The lowest BCUT2D eigenvalue weighted by molar-refractivity contribution is -0.150. The van der Waals surface area contributed by atoms with E-state index in [1.807, 2.05) is 13.0 Å². The van der Waals surface area contributed by atoms with E-state index in [-0.39, 0.29) is 5.92 Å². The molecular weight excluding hydrogens is 413 g/mol. The number of halogens is 3. The topological polar surface area (TPSA) is 84.5 Å². The van der Waals surface area contributed by atoms with Crippen molar-refractivity contribution in [1.29, 1.82) is 0 Å². The van der Waals surface area contributed by atoms with Crippen molar-refractivity contribution in [1.82, 2.24) is 5.32 Å². The maximum Gasteiger partial charge on any atom is 0.418 e. The number of para-hydroxylation sites is 1. The summed E-state index contributed by atoms with van der Waals surface area (Å²) in [5.74, 6) is -2.63. The average molecular weight is 436 g/mol. The lowest BCUT2D eigenvalue weighted by Crippen LogP contribution is -2.46. The highest BCUT2D eigenvalue weighted by atomic mass is 19.4. The molecule has 2 aromatic rings. The highest BCUT2D eigenvalue weighted by Crippen LogP contribution is 2.34. The fourth-order valence-corrected chi connectivity index (χ4v) is 2.76. The Kier molecular flexibility index (Phi) is 7.79. The summed E-state index contributed by atoms with van der Waals surface area (Å²) < 4.78 is 44.0. The van der Waals surface area contributed by atoms with Crippen molar-refractivity contribution in [3.05, 3.63) is 65.2 Å². The number of rotatable bonds is 7. The van der Waals surface area contributed by atoms with Gasteiger partial charge in [-0.1, -0.05) is 43.7 Å². The first-order chi connectivity index (χ1) is 14.5. The van der Waals surface area contributed by atoms with E-state index < -0.39 is 47.9 Å². The number of carbonyl (C=O) groups is 3. The van der Waals surface area contributed by atoms with Crippen molar-refractivity contribution in [2.75, 3.05) is 11.9 Å². The van der Waals surface area contributed by atoms with Gasteiger partial charge in [-0.15, -0.1) is 0 Å². The maximum atomic E-state index is 13.0. The molecule has 1 atom stereocenters. The Hall–Kier alpha value is -3.36. The van der Waals surface area contributed by atoms with Crippen LogP contribution in [-0.4, -0.2) is 30.4 Å². The number of hydrogen-bond donors (Lipinski definition) is 2. The van der Waals surface area contributed by atoms with Crippen LogP contribution in [0.5, 0.6) is 0 Å². The normalized spacial score (nSPS) is 12.2. The second-order valence-corrected chi connectivity index (χ2v) is 7.26. The molecule has 2 aromatic carbocycles. The fraction of sp³-hybridized carbons (Fsp3) is 0.318. The predicted octanol–water partition coefficient (Wildman–Crippen LogP) is 3.95. The van der Waals surface area contributed by atoms with Gasteiger partial charge in [-0.05, 0) is 37.1 Å². The molecule has 0 aliphatic carbocycles. The third-order valence-corrected chi connectivity index (χ3v) is 4.34. The Balaban J connectivity index is 1.99. The lowest BCUT2D eigenvalue weighted by atomic mass is 10.0. The third kappa shape index (κ3) is 6.84. The van der Waals surface area contributed by atoms with Gasteiger partial charge in [0.15, 0.2) is 6.61 Å². The first kappa shape index (κ1) is 23.9. The van der Waals surface area contributed by atoms with Crippen molar-refractivity contribution in [2.45, 2.75) is 33.0 Å². The Bertz CT molecular complexity index is 958. The van der Waals surface area contributed by atoms with Gasteiger partial charge in [0, 0.05) is 5.56 Å². The number of aryl methyl sites for hydroxylation is 1. The van der Waals surface area contributed by atoms with Gasteiger partial charge in [0.2, 0.25) is 0 Å². The van der Waals surface area contributed by atoms with Crippen LogP contribution in [0.15, 0.2) is 48.5 Å². The summed E-state index contributed by atoms with van der Waals surface area (Å²) in [4.78, 5) is 36.9. The SMILES string of the molecule is Cc1cccc(C(=O)NC(C(=O)OCC(=O)Nc2ccccc2C(F)(F)F)C(C)C)c1. The van der Waals surface area contributed by atoms with Gasteiger partial charge in [-0.25, -0.2) is 4.79 Å². The molecule has 0 heterocycles. The molecule has 2 N–H and O–H groups in total. The molecule has 1 unspecified atom stereocenters. The number of alkyl halides is 3. The minimum absolute atomic E-state index is 0.352. The van der Waals surface area contributed by atoms with E-state index in [9.17, 15) is 27.6 Å². The number of esters is 1. The second kappa shape index (κ2) is 10.1. The number of amides is 2. The van der Waals surface area contributed by atoms with Gasteiger partial charge in [0.05, 0.1) is 11.3 Å². The molecule has 166 valence electrons. The van der Waals surface area contributed by atoms with Crippen LogP contribution < -0.4 is 10.6 Å². The number of carbonyl (C=O) groups excluding carboxylic acids is 3. The second-order valence-electron chi connectivity index (χ2n) is 7.26. The minimum atomic E-state index is -4.65. The first-order valence-electron chi connectivity index (χ1n) is 9.49. The Labute approximate surface area is 177 Å². The molecule has 0 spiro atoms. The van der Waals surface area contributed by atoms with E-state index >= 15 is 0 Å². The highest BCUT2D eigenvalue weighted by Gasteiger charge is 2.33. The predicted molar refractivity (Wildman–Crippen MR) is 108 cm³/mol. The summed E-state index contributed by atoms with van der Waals surface area (Å²) in [6.07, 6.45) is -4.65. The largest absolute Gasteiger partial charge is 0.454 e. The monoisotopic (exact) mass is 436 g/mol. The van der Waals surface area contributed by atoms with Crippen LogP contribution >= 0.6 is 0 Å². The summed E-state index contributed by atoms with van der Waals surface area (Å²) in [5, 5.41) is 4.66. The van der Waals surface area contributed by atoms with Crippen molar-refractivity contribution >= 4 is 23.5 Å². The quantitative estimate of drug-likeness (QED) is 0.644. The number of ether oxygens (including phenoxy) is 1. The van der Waals surface area contributed by atoms with Gasteiger partial charge >= 0.3 is 12.1 Å². The summed E-state index contributed by atoms with van der Waals surface area (Å²) >= 11 is 0. The molecule has 0 aromatic heterocycles. The number of hydrogen-bond acceptors (Lipinski definition) is 4. The highest BCUT2D eigenvalue weighted by molar-refractivity contribution is 5.98. The summed E-state index contributed by atoms with van der Waals surface area (Å²) in [6.45, 7) is 4.39. The third-order valence-electron chi connectivity index (χ3n) is 4.34. The first-order valence-corrected chi connectivity index (χ1v) is 9.49. The van der Waals surface area contributed by atoms with Crippen molar-refractivity contribution in [3.63, 3.8) is 0 Å². The fourth-order valence-electron chi connectivity index (χ4n) is 2.76. The van der Waals surface area contributed by atoms with E-state index in [0.29, 0.717) is 5.56 Å². The zero-order chi connectivity index (χ0) is 23.2. The summed E-state index contributed by atoms with van der Waals surface area (Å²) in [5.41, 5.74) is -0.226. The molecule has 0 aliphatic rings. The van der Waals surface area contributed by atoms with Gasteiger partial charge in [-0.2, -0.15) is 13.2 Å². The number of nitrogens with one attached hydrogen (secondary N) is 2. The van der Waals surface area contributed by atoms with Crippen LogP contribution in [0.4, 0.5) is 18.9 Å². The standard InChI is InChI=1S/C22H23F3N2O4/c1-13(2)19(27-20(29)15-8-6-7-14(3)11-15)21(30)31-12-18(28)26-17-10-5-4-9-16(17)22(23,24)25/h4-11,13,19H,12H2,1-3H3,(H,26,28)(H,27,29). The molecule has 0 radical (unpaired) electrons. The Morgan fingerprint density at radius 3 is 2.32 bits per heavy atom. The minimum Gasteiger partial charge on any atom is -0.454 e. The molecule has 2 rings (SSSR count). The van der Waals surface area contributed by atoms with E-state index in [4.69, 9.17) is 4.74 Å². The molecule has 6 nitrogen and oxygen atoms in total. The van der Waals surface area contributed by atoms with Gasteiger partial charge in [-0.3, -0.25) is 9.59 Å². The molecule has 2 amide bonds. The number of anilines is 1. The smallest absolute Gasteiger partial charge is 0.418 e. The van der Waals surface area contributed by atoms with Crippen LogP contribution in [0.2, 0.25) is 0 Å². The van der Waals surface area contributed by atoms with Crippen LogP contribution in [0, 0.1) is 12.8 Å². The van der Waals surface area contributed by atoms with Gasteiger partial charge in [0.25, 0.3) is 11.8 Å². The molecule has 0 aliphatic heterocycles. The average Bonchev–Trinajstić information content (AvgIpc) is 2.69. The number of benzene rings is 2. The zero-order valence-corrected chi connectivity index (χ0v) is 17.2. The molecular formula is C22H23F3N2O4. The van der Waals surface area contributed by atoms with Crippen molar-refractivity contribution < 1.29 is 32.3 Å². The molecule has 9 heteroatoms. The van der Waals surface area contributed by atoms with E-state index in [1.165, 1.54) is 12.1 Å². The lowest BCUT2D eigenvalue weighted by Gasteiger charge is -2.21. The van der Waals surface area contributed by atoms with Crippen molar-refractivity contribution in [3.8, 4) is 0 Å². The van der Waals surface area contributed by atoms with Gasteiger partial charge in [0.1, 0.15) is 6.04 Å². The Morgan fingerprint density at radius 2 is 1.71 bits per heavy atom. The molecule has 31 heavy (non-hydrogen) atoms. The van der Waals surface area contributed by atoms with Crippen molar-refractivity contribution in [2.24, 2.45) is 5.92 Å². The summed E-state index contributed by atoms with van der Waals surface area (Å²) in [6, 6.07) is 10.2. The zero-order valence-electron chi connectivity index (χ0n) is 17.2. The molecule has 0 saturated heterocycles. The molecule has 0 fully saturated rings. The van der Waals surface area contributed by atoms with E-state index in [0.717, 1.165) is 17.7 Å².